The van der Waals surface area contributed by atoms with Gasteiger partial charge in [-0.25, -0.2) is 0 Å². The third-order valence-corrected chi connectivity index (χ3v) is 9.06. The number of aryl methyl sites for hydroxylation is 2. The maximum atomic E-state index is 13.4. The fraction of sp³-hybridized carbons (Fsp3) is 0.324. The second-order valence-corrected chi connectivity index (χ2v) is 13.3. The van der Waals surface area contributed by atoms with Gasteiger partial charge in [0.1, 0.15) is 0 Å². The Kier molecular flexibility index (Phi) is 6.66. The van der Waals surface area contributed by atoms with E-state index in [4.69, 9.17) is 4.98 Å². The van der Waals surface area contributed by atoms with Crippen LogP contribution in [0.3, 0.4) is 0 Å². The van der Waals surface area contributed by atoms with Gasteiger partial charge >= 0.3 is 6.18 Å². The summed E-state index contributed by atoms with van der Waals surface area (Å²) in [4.78, 5) is 6.06. The number of hydrogen-bond donors (Lipinski definition) is 0. The van der Waals surface area contributed by atoms with Crippen molar-refractivity contribution in [2.45, 2.75) is 66.5 Å². The molecule has 39 heavy (non-hydrogen) atoms. The predicted octanol–water partition coefficient (Wildman–Crippen LogP) is 10.8. The summed E-state index contributed by atoms with van der Waals surface area (Å²) in [5.74, 6) is 0. The van der Waals surface area contributed by atoms with Crippen molar-refractivity contribution in [3.8, 4) is 21.7 Å². The lowest BCUT2D eigenvalue weighted by Crippen LogP contribution is -2.34. The molecule has 0 spiro atoms. The number of aromatic nitrogens is 1. The van der Waals surface area contributed by atoms with Gasteiger partial charge in [0.15, 0.2) is 0 Å². The fourth-order valence-electron chi connectivity index (χ4n) is 5.37. The molecule has 2 heterocycles. The minimum atomic E-state index is -4.25. The predicted molar refractivity (Wildman–Crippen MR) is 160 cm³/mol. The molecule has 0 saturated heterocycles. The Bertz CT molecular complexity index is 1680. The maximum Gasteiger partial charge on any atom is 0.394 e. The Morgan fingerprint density at radius 1 is 0.821 bits per heavy atom. The molecule has 2 aromatic heterocycles. The molecule has 0 radical (unpaired) electrons. The van der Waals surface area contributed by atoms with Crippen LogP contribution < -0.4 is 0 Å². The van der Waals surface area contributed by atoms with Crippen LogP contribution in [0.5, 0.6) is 0 Å². The van der Waals surface area contributed by atoms with Gasteiger partial charge in [0.25, 0.3) is 0 Å². The summed E-state index contributed by atoms with van der Waals surface area (Å²) in [5, 5.41) is 3.66. The molecule has 0 N–H and O–H groups in total. The highest BCUT2D eigenvalue weighted by Crippen LogP contribution is 2.45. The number of pyridine rings is 1. The zero-order valence-electron chi connectivity index (χ0n) is 23.5. The summed E-state index contributed by atoms with van der Waals surface area (Å²) in [6.07, 6.45) is -2.34. The van der Waals surface area contributed by atoms with E-state index in [0.29, 0.717) is 5.56 Å². The van der Waals surface area contributed by atoms with Crippen molar-refractivity contribution in [3.05, 3.63) is 89.1 Å². The minimum Gasteiger partial charge on any atom is -0.254 e. The normalized spacial score (nSPS) is 13.0. The SMILES string of the molecule is Cc1cnc(-c2cc(C(C)(C)C)c3ccccc3c2)c2sc(-c3ccc(CC(C)(C)C(F)(F)F)cc3)c(C)c12. The topological polar surface area (TPSA) is 12.9 Å². The van der Waals surface area contributed by atoms with Crippen molar-refractivity contribution in [2.24, 2.45) is 5.41 Å². The van der Waals surface area contributed by atoms with Gasteiger partial charge in [0.2, 0.25) is 0 Å². The highest BCUT2D eigenvalue weighted by atomic mass is 32.1. The molecule has 0 bridgehead atoms. The van der Waals surface area contributed by atoms with E-state index in [1.54, 1.807) is 11.3 Å². The highest BCUT2D eigenvalue weighted by Gasteiger charge is 2.46. The van der Waals surface area contributed by atoms with Crippen LogP contribution in [0.4, 0.5) is 13.2 Å². The van der Waals surface area contributed by atoms with Crippen molar-refractivity contribution in [1.29, 1.82) is 0 Å². The van der Waals surface area contributed by atoms with Crippen molar-refractivity contribution >= 4 is 32.2 Å². The number of halogens is 3. The Balaban J connectivity index is 1.63. The number of nitrogens with zero attached hydrogens (tertiary/aromatic N) is 1. The monoisotopic (exact) mass is 545 g/mol. The first-order chi connectivity index (χ1) is 18.2. The van der Waals surface area contributed by atoms with E-state index >= 15 is 0 Å². The number of benzene rings is 3. The molecule has 0 saturated carbocycles. The molecule has 0 aliphatic heterocycles. The number of fused-ring (bicyclic) bond motifs is 2. The average molecular weight is 546 g/mol. The van der Waals surface area contributed by atoms with Gasteiger partial charge < -0.3 is 0 Å². The van der Waals surface area contributed by atoms with Crippen molar-refractivity contribution < 1.29 is 13.2 Å². The van der Waals surface area contributed by atoms with Crippen LogP contribution in [0.2, 0.25) is 0 Å². The molecule has 5 rings (SSSR count). The molecule has 0 amide bonds. The molecule has 5 aromatic rings. The summed E-state index contributed by atoms with van der Waals surface area (Å²) in [7, 11) is 0. The smallest absolute Gasteiger partial charge is 0.254 e. The van der Waals surface area contributed by atoms with Gasteiger partial charge in [0.05, 0.1) is 15.8 Å². The molecular weight excluding hydrogens is 511 g/mol. The van der Waals surface area contributed by atoms with Gasteiger partial charge in [-0.2, -0.15) is 13.2 Å². The van der Waals surface area contributed by atoms with Gasteiger partial charge in [-0.3, -0.25) is 4.98 Å². The first kappa shape index (κ1) is 27.4. The van der Waals surface area contributed by atoms with Crippen LogP contribution in [0.25, 0.3) is 42.6 Å². The standard InChI is InChI=1S/C34H34F3NS/c1-20-19-38-29(25-16-24-10-8-9-11-26(24)27(17-25)32(3,4)5)31-28(20)21(2)30(39-31)23-14-12-22(13-15-23)18-33(6,7)34(35,36)37/h8-17,19H,18H2,1-7H3. The van der Waals surface area contributed by atoms with E-state index in [9.17, 15) is 13.2 Å². The van der Waals surface area contributed by atoms with E-state index in [0.717, 1.165) is 32.0 Å². The molecule has 0 fully saturated rings. The fourth-order valence-corrected chi connectivity index (χ4v) is 6.77. The lowest BCUT2D eigenvalue weighted by molar-refractivity contribution is -0.211. The van der Waals surface area contributed by atoms with Crippen LogP contribution in [-0.2, 0) is 11.8 Å². The second kappa shape index (κ2) is 9.48. The molecule has 202 valence electrons. The molecule has 0 aliphatic rings. The van der Waals surface area contributed by atoms with Crippen LogP contribution in [0, 0.1) is 19.3 Å². The van der Waals surface area contributed by atoms with Gasteiger partial charge in [-0.1, -0.05) is 83.1 Å². The summed E-state index contributed by atoms with van der Waals surface area (Å²) >= 11 is 1.71. The first-order valence-electron chi connectivity index (χ1n) is 13.3. The lowest BCUT2D eigenvalue weighted by atomic mass is 9.82. The van der Waals surface area contributed by atoms with E-state index in [1.165, 1.54) is 41.1 Å². The number of alkyl halides is 3. The molecule has 0 aliphatic carbocycles. The molecule has 0 unspecified atom stereocenters. The van der Waals surface area contributed by atoms with Crippen molar-refractivity contribution in [2.75, 3.05) is 0 Å². The Hall–Kier alpha value is -3.18. The van der Waals surface area contributed by atoms with Gasteiger partial charge in [-0.05, 0) is 76.4 Å². The second-order valence-electron chi connectivity index (χ2n) is 12.3. The lowest BCUT2D eigenvalue weighted by Gasteiger charge is -2.27. The van der Waals surface area contributed by atoms with E-state index < -0.39 is 11.6 Å². The Morgan fingerprint density at radius 2 is 1.49 bits per heavy atom. The zero-order valence-corrected chi connectivity index (χ0v) is 24.4. The summed E-state index contributed by atoms with van der Waals surface area (Å²) in [6.45, 7) is 13.5. The maximum absolute atomic E-state index is 13.4. The summed E-state index contributed by atoms with van der Waals surface area (Å²) in [6, 6.07) is 20.6. The third kappa shape index (κ3) is 4.98. The minimum absolute atomic E-state index is 0.0294. The van der Waals surface area contributed by atoms with Gasteiger partial charge in [0, 0.05) is 22.0 Å². The van der Waals surface area contributed by atoms with Crippen LogP contribution in [0.1, 0.15) is 56.9 Å². The number of rotatable bonds is 4. The van der Waals surface area contributed by atoms with Crippen molar-refractivity contribution in [1.82, 2.24) is 4.98 Å². The summed E-state index contributed by atoms with van der Waals surface area (Å²) in [5.41, 5.74) is 5.55. The Morgan fingerprint density at radius 3 is 2.13 bits per heavy atom. The zero-order chi connectivity index (χ0) is 28.3. The highest BCUT2D eigenvalue weighted by molar-refractivity contribution is 7.23. The van der Waals surface area contributed by atoms with E-state index in [-0.39, 0.29) is 11.8 Å². The third-order valence-electron chi connectivity index (χ3n) is 7.72. The van der Waals surface area contributed by atoms with Crippen LogP contribution >= 0.6 is 11.3 Å². The summed E-state index contributed by atoms with van der Waals surface area (Å²) < 4.78 is 41.4. The number of thiophene rings is 1. The Labute approximate surface area is 232 Å². The molecule has 1 nitrogen and oxygen atoms in total. The van der Waals surface area contributed by atoms with Gasteiger partial charge in [-0.15, -0.1) is 11.3 Å². The van der Waals surface area contributed by atoms with E-state index in [1.807, 2.05) is 30.5 Å². The quantitative estimate of drug-likeness (QED) is 0.219. The van der Waals surface area contributed by atoms with Crippen molar-refractivity contribution in [3.63, 3.8) is 0 Å². The average Bonchev–Trinajstić information content (AvgIpc) is 3.20. The number of hydrogen-bond acceptors (Lipinski definition) is 2. The van der Waals surface area contributed by atoms with Crippen LogP contribution in [0.15, 0.2) is 66.9 Å². The first-order valence-corrected chi connectivity index (χ1v) is 14.1. The molecular formula is C34H34F3NS. The molecule has 5 heteroatoms. The van der Waals surface area contributed by atoms with E-state index in [2.05, 4.69) is 71.0 Å². The van der Waals surface area contributed by atoms with Crippen LogP contribution in [-0.4, -0.2) is 11.2 Å². The molecule has 3 aromatic carbocycles. The largest absolute Gasteiger partial charge is 0.394 e. The molecule has 0 atom stereocenters.